The molecule has 2 saturated heterocycles. The number of carbonyl (C=O) groups excluding carboxylic acids is 1. The summed E-state index contributed by atoms with van der Waals surface area (Å²) in [6.07, 6.45) is 5.24. The van der Waals surface area contributed by atoms with Crippen LogP contribution in [0, 0.1) is 0 Å². The molecule has 22 heavy (non-hydrogen) atoms. The first kappa shape index (κ1) is 15.6. The molecule has 1 aromatic rings. The average Bonchev–Trinajstić information content (AvgIpc) is 2.56. The molecule has 0 radical (unpaired) electrons. The monoisotopic (exact) mass is 317 g/mol. The van der Waals surface area contributed by atoms with E-state index in [0.29, 0.717) is 12.8 Å². The van der Waals surface area contributed by atoms with E-state index in [0.717, 1.165) is 37.4 Å². The van der Waals surface area contributed by atoms with Crippen molar-refractivity contribution in [2.75, 3.05) is 24.6 Å². The Kier molecular flexibility index (Phi) is 4.89. The molecule has 1 N–H and O–H groups in total. The molecule has 4 heteroatoms. The van der Waals surface area contributed by atoms with Crippen LogP contribution in [-0.2, 0) is 4.79 Å². The van der Waals surface area contributed by atoms with Crippen LogP contribution in [0.25, 0.3) is 6.08 Å². The zero-order chi connectivity index (χ0) is 15.4. The number of carbonyl (C=O) groups is 1. The second kappa shape index (κ2) is 6.88. The highest BCUT2D eigenvalue weighted by Gasteiger charge is 2.40. The minimum atomic E-state index is -1.11. The third-order valence-corrected chi connectivity index (χ3v) is 5.57. The summed E-state index contributed by atoms with van der Waals surface area (Å²) >= 11 is 1.82. The Bertz CT molecular complexity index is 539. The van der Waals surface area contributed by atoms with Gasteiger partial charge in [-0.25, -0.2) is 0 Å². The van der Waals surface area contributed by atoms with Crippen LogP contribution in [0.4, 0.5) is 0 Å². The Hall–Kier alpha value is -1.26. The maximum Gasteiger partial charge on any atom is 0.254 e. The van der Waals surface area contributed by atoms with Crippen molar-refractivity contribution in [1.29, 1.82) is 0 Å². The van der Waals surface area contributed by atoms with Crippen LogP contribution in [0.3, 0.4) is 0 Å². The molecule has 3 rings (SSSR count). The lowest BCUT2D eigenvalue weighted by Gasteiger charge is -2.37. The smallest absolute Gasteiger partial charge is 0.254 e. The summed E-state index contributed by atoms with van der Waals surface area (Å²) in [5.74, 6) is 1.72. The van der Waals surface area contributed by atoms with Gasteiger partial charge in [-0.2, -0.15) is 11.8 Å². The first-order valence-electron chi connectivity index (χ1n) is 8.01. The molecular weight excluding hydrogens is 294 g/mol. The highest BCUT2D eigenvalue weighted by molar-refractivity contribution is 7.99. The van der Waals surface area contributed by atoms with Crippen LogP contribution < -0.4 is 0 Å². The fraction of sp³-hybridized carbons (Fsp3) is 0.500. The molecular formula is C18H23NO2S. The van der Waals surface area contributed by atoms with Crippen LogP contribution in [-0.4, -0.2) is 46.1 Å². The van der Waals surface area contributed by atoms with E-state index < -0.39 is 5.60 Å². The van der Waals surface area contributed by atoms with Gasteiger partial charge in [-0.1, -0.05) is 42.0 Å². The lowest BCUT2D eigenvalue weighted by Crippen LogP contribution is -2.52. The zero-order valence-corrected chi connectivity index (χ0v) is 13.6. The van der Waals surface area contributed by atoms with Gasteiger partial charge in [0.05, 0.1) is 0 Å². The lowest BCUT2D eigenvalue weighted by atomic mass is 9.93. The molecule has 0 unspecified atom stereocenters. The SMILES string of the molecule is O=C(N1CCC(=Cc2ccccc2)CC1)C1(O)CCSCC1. The first-order chi connectivity index (χ1) is 10.7. The summed E-state index contributed by atoms with van der Waals surface area (Å²) in [6, 6.07) is 10.3. The van der Waals surface area contributed by atoms with Gasteiger partial charge in [-0.05, 0) is 42.8 Å². The second-order valence-corrected chi connectivity index (χ2v) is 7.37. The van der Waals surface area contributed by atoms with Crippen molar-refractivity contribution in [3.63, 3.8) is 0 Å². The molecule has 0 aromatic heterocycles. The van der Waals surface area contributed by atoms with Crippen molar-refractivity contribution >= 4 is 23.7 Å². The van der Waals surface area contributed by atoms with Crippen LogP contribution in [0.5, 0.6) is 0 Å². The van der Waals surface area contributed by atoms with Gasteiger partial charge >= 0.3 is 0 Å². The molecule has 0 aliphatic carbocycles. The predicted molar refractivity (Wildman–Crippen MR) is 91.7 cm³/mol. The lowest BCUT2D eigenvalue weighted by molar-refractivity contribution is -0.152. The third kappa shape index (κ3) is 3.55. The van der Waals surface area contributed by atoms with Gasteiger partial charge in [0.1, 0.15) is 5.60 Å². The molecule has 0 spiro atoms. The summed E-state index contributed by atoms with van der Waals surface area (Å²) in [5.41, 5.74) is 1.51. The van der Waals surface area contributed by atoms with Gasteiger partial charge in [0.25, 0.3) is 5.91 Å². The standard InChI is InChI=1S/C18H23NO2S/c20-17(18(21)8-12-22-13-9-18)19-10-6-16(7-11-19)14-15-4-2-1-3-5-15/h1-5,14,21H,6-13H2. The molecule has 0 atom stereocenters. The normalized spacial score (nSPS) is 21.5. The number of hydrogen-bond donors (Lipinski definition) is 1. The topological polar surface area (TPSA) is 40.5 Å². The second-order valence-electron chi connectivity index (χ2n) is 6.15. The van der Waals surface area contributed by atoms with Crippen LogP contribution in [0.1, 0.15) is 31.2 Å². The Morgan fingerprint density at radius 3 is 2.41 bits per heavy atom. The predicted octanol–water partition coefficient (Wildman–Crippen LogP) is 2.95. The minimum absolute atomic E-state index is 0.0495. The fourth-order valence-corrected chi connectivity index (χ4v) is 4.31. The largest absolute Gasteiger partial charge is 0.380 e. The van der Waals surface area contributed by atoms with Crippen LogP contribution >= 0.6 is 11.8 Å². The van der Waals surface area contributed by atoms with E-state index in [9.17, 15) is 9.90 Å². The minimum Gasteiger partial charge on any atom is -0.380 e. The van der Waals surface area contributed by atoms with E-state index >= 15 is 0 Å². The molecule has 2 aliphatic heterocycles. The highest BCUT2D eigenvalue weighted by Crippen LogP contribution is 2.30. The number of thioether (sulfide) groups is 1. The van der Waals surface area contributed by atoms with E-state index in [4.69, 9.17) is 0 Å². The van der Waals surface area contributed by atoms with Gasteiger partial charge in [0, 0.05) is 13.1 Å². The Morgan fingerprint density at radius 1 is 1.14 bits per heavy atom. The molecule has 1 aromatic carbocycles. The Balaban J connectivity index is 1.59. The van der Waals surface area contributed by atoms with Crippen molar-refractivity contribution in [2.45, 2.75) is 31.3 Å². The van der Waals surface area contributed by atoms with E-state index in [1.165, 1.54) is 11.1 Å². The van der Waals surface area contributed by atoms with Crippen LogP contribution in [0.15, 0.2) is 35.9 Å². The third-order valence-electron chi connectivity index (χ3n) is 4.58. The summed E-state index contributed by atoms with van der Waals surface area (Å²) in [4.78, 5) is 14.4. The Morgan fingerprint density at radius 2 is 1.77 bits per heavy atom. The molecule has 118 valence electrons. The van der Waals surface area contributed by atoms with Gasteiger partial charge in [0.15, 0.2) is 0 Å². The molecule has 0 saturated carbocycles. The highest BCUT2D eigenvalue weighted by atomic mass is 32.2. The summed E-state index contributed by atoms with van der Waals surface area (Å²) in [6.45, 7) is 1.46. The zero-order valence-electron chi connectivity index (χ0n) is 12.8. The average molecular weight is 317 g/mol. The van der Waals surface area contributed by atoms with E-state index in [1.54, 1.807) is 0 Å². The molecule has 1 amide bonds. The molecule has 2 aliphatic rings. The maximum absolute atomic E-state index is 12.6. The van der Waals surface area contributed by atoms with Crippen molar-refractivity contribution in [1.82, 2.24) is 4.90 Å². The van der Waals surface area contributed by atoms with Crippen molar-refractivity contribution < 1.29 is 9.90 Å². The quantitative estimate of drug-likeness (QED) is 0.912. The Labute approximate surface area is 136 Å². The van der Waals surface area contributed by atoms with Gasteiger partial charge in [-0.15, -0.1) is 0 Å². The number of aliphatic hydroxyl groups is 1. The maximum atomic E-state index is 12.6. The fourth-order valence-electron chi connectivity index (χ4n) is 3.14. The van der Waals surface area contributed by atoms with E-state index in [2.05, 4.69) is 18.2 Å². The number of benzene rings is 1. The summed E-state index contributed by atoms with van der Waals surface area (Å²) < 4.78 is 0. The van der Waals surface area contributed by atoms with Crippen molar-refractivity contribution in [2.24, 2.45) is 0 Å². The summed E-state index contributed by atoms with van der Waals surface area (Å²) in [5, 5.41) is 10.6. The number of rotatable bonds is 2. The number of hydrogen-bond acceptors (Lipinski definition) is 3. The van der Waals surface area contributed by atoms with Gasteiger partial charge in [0.2, 0.25) is 0 Å². The van der Waals surface area contributed by atoms with Crippen molar-refractivity contribution in [3.05, 3.63) is 41.5 Å². The number of nitrogens with zero attached hydrogens (tertiary/aromatic N) is 1. The molecule has 0 bridgehead atoms. The van der Waals surface area contributed by atoms with Gasteiger partial charge < -0.3 is 10.0 Å². The molecule has 2 fully saturated rings. The molecule has 2 heterocycles. The number of piperidine rings is 1. The van der Waals surface area contributed by atoms with Gasteiger partial charge in [-0.3, -0.25) is 4.79 Å². The summed E-state index contributed by atoms with van der Waals surface area (Å²) in [7, 11) is 0. The van der Waals surface area contributed by atoms with Crippen LogP contribution in [0.2, 0.25) is 0 Å². The van der Waals surface area contributed by atoms with E-state index in [1.807, 2.05) is 34.9 Å². The van der Waals surface area contributed by atoms with Crippen molar-refractivity contribution in [3.8, 4) is 0 Å². The number of amides is 1. The van der Waals surface area contributed by atoms with E-state index in [-0.39, 0.29) is 5.91 Å². The number of likely N-dealkylation sites (tertiary alicyclic amines) is 1. The first-order valence-corrected chi connectivity index (χ1v) is 9.17. The molecule has 3 nitrogen and oxygen atoms in total.